The first-order valence-corrected chi connectivity index (χ1v) is 7.17. The molecule has 0 spiro atoms. The molecule has 1 aromatic rings. The van der Waals surface area contributed by atoms with E-state index in [2.05, 4.69) is 32.3 Å². The Bertz CT molecular complexity index is 472. The van der Waals surface area contributed by atoms with Gasteiger partial charge in [0.1, 0.15) is 4.60 Å². The van der Waals surface area contributed by atoms with E-state index in [-0.39, 0.29) is 0 Å². The summed E-state index contributed by atoms with van der Waals surface area (Å²) in [6.07, 6.45) is 8.01. The van der Waals surface area contributed by atoms with E-state index >= 15 is 0 Å². The van der Waals surface area contributed by atoms with E-state index in [1.807, 2.05) is 12.3 Å². The standard InChI is InChI=1S/C13H14BrClN2/c14-13-11(15)6-9(7-17-13)10-3-1-2-8-4-5-16-12(8)10/h3,6-8,12,16H,1-2,4-5H2. The number of rotatable bonds is 1. The van der Waals surface area contributed by atoms with Gasteiger partial charge in [-0.3, -0.25) is 0 Å². The van der Waals surface area contributed by atoms with Crippen molar-refractivity contribution in [2.24, 2.45) is 5.92 Å². The highest BCUT2D eigenvalue weighted by atomic mass is 79.9. The summed E-state index contributed by atoms with van der Waals surface area (Å²) in [6.45, 7) is 1.13. The largest absolute Gasteiger partial charge is 0.310 e. The number of halogens is 2. The highest BCUT2D eigenvalue weighted by Crippen LogP contribution is 2.37. The van der Waals surface area contributed by atoms with Crippen molar-refractivity contribution in [3.8, 4) is 0 Å². The van der Waals surface area contributed by atoms with Gasteiger partial charge in [-0.15, -0.1) is 0 Å². The van der Waals surface area contributed by atoms with Crippen LogP contribution in [0.2, 0.25) is 5.02 Å². The van der Waals surface area contributed by atoms with Crippen LogP contribution in [-0.4, -0.2) is 17.6 Å². The van der Waals surface area contributed by atoms with Gasteiger partial charge in [0.05, 0.1) is 5.02 Å². The third-order valence-electron chi connectivity index (χ3n) is 3.72. The fourth-order valence-corrected chi connectivity index (χ4v) is 3.27. The zero-order chi connectivity index (χ0) is 11.8. The Morgan fingerprint density at radius 1 is 1.41 bits per heavy atom. The summed E-state index contributed by atoms with van der Waals surface area (Å²) in [7, 11) is 0. The molecule has 1 saturated heterocycles. The molecule has 90 valence electrons. The van der Waals surface area contributed by atoms with Crippen LogP contribution in [-0.2, 0) is 0 Å². The minimum absolute atomic E-state index is 0.503. The Kier molecular flexibility index (Phi) is 3.24. The molecule has 1 aromatic heterocycles. The fraction of sp³-hybridized carbons (Fsp3) is 0.462. The van der Waals surface area contributed by atoms with Gasteiger partial charge < -0.3 is 5.32 Å². The molecule has 1 N–H and O–H groups in total. The van der Waals surface area contributed by atoms with Crippen LogP contribution in [0.3, 0.4) is 0 Å². The van der Waals surface area contributed by atoms with Crippen LogP contribution in [0, 0.1) is 5.92 Å². The van der Waals surface area contributed by atoms with E-state index in [4.69, 9.17) is 11.6 Å². The summed E-state index contributed by atoms with van der Waals surface area (Å²) < 4.78 is 0.718. The van der Waals surface area contributed by atoms with Crippen LogP contribution in [0.5, 0.6) is 0 Å². The van der Waals surface area contributed by atoms with Crippen LogP contribution in [0.1, 0.15) is 24.8 Å². The number of nitrogens with one attached hydrogen (secondary N) is 1. The molecule has 2 atom stereocenters. The van der Waals surface area contributed by atoms with Crippen molar-refractivity contribution in [2.75, 3.05) is 6.54 Å². The van der Waals surface area contributed by atoms with Gasteiger partial charge in [-0.2, -0.15) is 0 Å². The minimum Gasteiger partial charge on any atom is -0.310 e. The second kappa shape index (κ2) is 4.71. The lowest BCUT2D eigenvalue weighted by Crippen LogP contribution is -2.30. The zero-order valence-corrected chi connectivity index (χ0v) is 11.8. The van der Waals surface area contributed by atoms with E-state index in [0.717, 1.165) is 22.6 Å². The average Bonchev–Trinajstić information content (AvgIpc) is 2.80. The fourth-order valence-electron chi connectivity index (χ4n) is 2.89. The molecule has 0 bridgehead atoms. The smallest absolute Gasteiger partial charge is 0.124 e. The number of nitrogens with zero attached hydrogens (tertiary/aromatic N) is 1. The SMILES string of the molecule is Clc1cc(C2=CCCC3CCNC23)cnc1Br. The molecule has 4 heteroatoms. The summed E-state index contributed by atoms with van der Waals surface area (Å²) in [5, 5.41) is 4.27. The highest BCUT2D eigenvalue weighted by Gasteiger charge is 2.32. The summed E-state index contributed by atoms with van der Waals surface area (Å²) in [4.78, 5) is 4.28. The van der Waals surface area contributed by atoms with E-state index in [0.29, 0.717) is 11.1 Å². The predicted molar refractivity (Wildman–Crippen MR) is 74.1 cm³/mol. The molecule has 3 rings (SSSR count). The molecular weight excluding hydrogens is 300 g/mol. The van der Waals surface area contributed by atoms with E-state index < -0.39 is 0 Å². The Labute approximate surface area is 115 Å². The predicted octanol–water partition coefficient (Wildman–Crippen LogP) is 3.65. The summed E-state index contributed by atoms with van der Waals surface area (Å²) in [5.41, 5.74) is 2.53. The third kappa shape index (κ3) is 2.16. The zero-order valence-electron chi connectivity index (χ0n) is 9.42. The Morgan fingerprint density at radius 3 is 3.12 bits per heavy atom. The van der Waals surface area contributed by atoms with Gasteiger partial charge in [-0.25, -0.2) is 4.98 Å². The molecule has 0 aromatic carbocycles. The Hall–Kier alpha value is -0.380. The van der Waals surface area contributed by atoms with E-state index in [9.17, 15) is 0 Å². The molecule has 2 unspecified atom stereocenters. The molecular formula is C13H14BrClN2. The van der Waals surface area contributed by atoms with Crippen LogP contribution in [0.25, 0.3) is 5.57 Å². The van der Waals surface area contributed by atoms with Crippen LogP contribution >= 0.6 is 27.5 Å². The van der Waals surface area contributed by atoms with Crippen molar-refractivity contribution in [3.05, 3.63) is 33.5 Å². The number of fused-ring (bicyclic) bond motifs is 1. The molecule has 17 heavy (non-hydrogen) atoms. The van der Waals surface area contributed by atoms with Crippen LogP contribution in [0.15, 0.2) is 22.9 Å². The highest BCUT2D eigenvalue weighted by molar-refractivity contribution is 9.10. The van der Waals surface area contributed by atoms with Gasteiger partial charge in [0.2, 0.25) is 0 Å². The van der Waals surface area contributed by atoms with Crippen molar-refractivity contribution in [3.63, 3.8) is 0 Å². The van der Waals surface area contributed by atoms with Crippen LogP contribution in [0.4, 0.5) is 0 Å². The summed E-state index contributed by atoms with van der Waals surface area (Å²) >= 11 is 9.45. The number of hydrogen-bond donors (Lipinski definition) is 1. The van der Waals surface area contributed by atoms with Crippen molar-refractivity contribution >= 4 is 33.1 Å². The molecule has 2 nitrogen and oxygen atoms in total. The molecule has 0 radical (unpaired) electrons. The van der Waals surface area contributed by atoms with E-state index in [1.165, 1.54) is 24.8 Å². The molecule has 0 amide bonds. The van der Waals surface area contributed by atoms with Gasteiger partial charge in [-0.1, -0.05) is 17.7 Å². The maximum atomic E-state index is 6.12. The van der Waals surface area contributed by atoms with Gasteiger partial charge in [0, 0.05) is 12.2 Å². The Morgan fingerprint density at radius 2 is 2.29 bits per heavy atom. The normalized spacial score (nSPS) is 27.8. The van der Waals surface area contributed by atoms with Gasteiger partial charge in [-0.05, 0) is 64.9 Å². The average molecular weight is 314 g/mol. The topological polar surface area (TPSA) is 24.9 Å². The second-order valence-corrected chi connectivity index (χ2v) is 5.87. The van der Waals surface area contributed by atoms with E-state index in [1.54, 1.807) is 0 Å². The van der Waals surface area contributed by atoms with Crippen molar-refractivity contribution < 1.29 is 0 Å². The molecule has 1 aliphatic heterocycles. The van der Waals surface area contributed by atoms with Gasteiger partial charge >= 0.3 is 0 Å². The second-order valence-electron chi connectivity index (χ2n) is 4.71. The first-order valence-electron chi connectivity index (χ1n) is 6.00. The van der Waals surface area contributed by atoms with Crippen molar-refractivity contribution in [1.29, 1.82) is 0 Å². The first-order chi connectivity index (χ1) is 8.25. The quantitative estimate of drug-likeness (QED) is 0.801. The number of hydrogen-bond acceptors (Lipinski definition) is 2. The summed E-state index contributed by atoms with van der Waals surface area (Å²) in [6, 6.07) is 2.51. The summed E-state index contributed by atoms with van der Waals surface area (Å²) in [5.74, 6) is 0.789. The molecule has 2 aliphatic rings. The molecule has 1 aliphatic carbocycles. The lowest BCUT2D eigenvalue weighted by molar-refractivity contribution is 0.470. The van der Waals surface area contributed by atoms with Gasteiger partial charge in [0.15, 0.2) is 0 Å². The first kappa shape index (κ1) is 11.7. The monoisotopic (exact) mass is 312 g/mol. The maximum Gasteiger partial charge on any atom is 0.124 e. The number of aromatic nitrogens is 1. The van der Waals surface area contributed by atoms with Crippen molar-refractivity contribution in [1.82, 2.24) is 10.3 Å². The molecule has 2 heterocycles. The number of pyridine rings is 1. The molecule has 1 fully saturated rings. The Balaban J connectivity index is 1.97. The molecule has 0 saturated carbocycles. The van der Waals surface area contributed by atoms with Crippen LogP contribution < -0.4 is 5.32 Å². The minimum atomic E-state index is 0.503. The van der Waals surface area contributed by atoms with Gasteiger partial charge in [0.25, 0.3) is 0 Å². The maximum absolute atomic E-state index is 6.12. The third-order valence-corrected chi connectivity index (χ3v) is 4.87. The lowest BCUT2D eigenvalue weighted by atomic mass is 9.82. The number of allylic oxidation sites excluding steroid dienone is 1. The van der Waals surface area contributed by atoms with Crippen molar-refractivity contribution in [2.45, 2.75) is 25.3 Å². The lowest BCUT2D eigenvalue weighted by Gasteiger charge is -2.27.